The van der Waals surface area contributed by atoms with Crippen LogP contribution in [-0.4, -0.2) is 54.7 Å². The van der Waals surface area contributed by atoms with Crippen LogP contribution in [0.1, 0.15) is 13.3 Å². The molecule has 0 aromatic carbocycles. The van der Waals surface area contributed by atoms with Crippen molar-refractivity contribution in [3.05, 3.63) is 12.5 Å². The Labute approximate surface area is 140 Å². The van der Waals surface area contributed by atoms with Gasteiger partial charge in [0.15, 0.2) is 5.82 Å². The summed E-state index contributed by atoms with van der Waals surface area (Å²) in [6.07, 6.45) is 3.00. The highest BCUT2D eigenvalue weighted by atomic mass is 79.9. The molecule has 0 aliphatic carbocycles. The van der Waals surface area contributed by atoms with Crippen LogP contribution in [-0.2, 0) is 9.37 Å². The second kappa shape index (κ2) is 6.00. The monoisotopic (exact) mass is 386 g/mol. The van der Waals surface area contributed by atoms with Gasteiger partial charge in [0.2, 0.25) is 4.63 Å². The van der Waals surface area contributed by atoms with E-state index < -0.39 is 11.8 Å². The molecule has 1 saturated heterocycles. The summed E-state index contributed by atoms with van der Waals surface area (Å²) in [5.74, 6) is 0.0248. The summed E-state index contributed by atoms with van der Waals surface area (Å²) in [5.41, 5.74) is 2.40. The Hall–Kier alpha value is -1.24. The third-order valence-corrected chi connectivity index (χ3v) is 5.44. The van der Waals surface area contributed by atoms with E-state index in [1.165, 1.54) is 12.5 Å². The summed E-state index contributed by atoms with van der Waals surface area (Å²) in [7, 11) is -1.78. The number of nitrogens with zero attached hydrogens (tertiary/aromatic N) is 3. The summed E-state index contributed by atoms with van der Waals surface area (Å²) < 4.78 is 6.50. The highest BCUT2D eigenvalue weighted by Crippen LogP contribution is 2.46. The molecule has 3 heterocycles. The van der Waals surface area contributed by atoms with Gasteiger partial charge in [0.05, 0.1) is 18.1 Å². The molecule has 0 saturated carbocycles. The summed E-state index contributed by atoms with van der Waals surface area (Å²) in [5, 5.41) is 38.1. The second-order valence-electron chi connectivity index (χ2n) is 5.53. The molecule has 0 unspecified atom stereocenters. The summed E-state index contributed by atoms with van der Waals surface area (Å²) in [6.45, 7) is 1.82. The summed E-state index contributed by atoms with van der Waals surface area (Å²) in [6, 6.07) is 0. The molecule has 9 nitrogen and oxygen atoms in total. The van der Waals surface area contributed by atoms with Crippen molar-refractivity contribution in [1.29, 1.82) is 0 Å². The molecule has 1 fully saturated rings. The van der Waals surface area contributed by atoms with E-state index in [0.717, 1.165) is 0 Å². The Kier molecular flexibility index (Phi) is 4.34. The van der Waals surface area contributed by atoms with Gasteiger partial charge in [0.25, 0.3) is 0 Å². The molecule has 11 heteroatoms. The van der Waals surface area contributed by atoms with Gasteiger partial charge in [-0.3, -0.25) is 15.3 Å². The van der Waals surface area contributed by atoms with E-state index in [-0.39, 0.29) is 35.3 Å². The van der Waals surface area contributed by atoms with Crippen LogP contribution in [0.5, 0.6) is 0 Å². The molecule has 0 radical (unpaired) electrons. The number of aliphatic hydroxyl groups is 1. The molecule has 2 aromatic rings. The van der Waals surface area contributed by atoms with E-state index in [4.69, 9.17) is 4.74 Å². The Morgan fingerprint density at radius 3 is 2.83 bits per heavy atom. The highest BCUT2D eigenvalue weighted by molar-refractivity contribution is 9.09. The maximum atomic E-state index is 9.63. The zero-order valence-electron chi connectivity index (χ0n) is 12.2. The number of ether oxygens (including phenoxy) is 1. The van der Waals surface area contributed by atoms with Crippen molar-refractivity contribution in [2.75, 3.05) is 12.1 Å². The first kappa shape index (κ1) is 16.6. The number of halogens is 1. The molecule has 2 aromatic heterocycles. The van der Waals surface area contributed by atoms with Crippen molar-refractivity contribution >= 4 is 45.4 Å². The lowest BCUT2D eigenvalue weighted by molar-refractivity contribution is -0.0504. The molecule has 0 amide bonds. The highest BCUT2D eigenvalue weighted by Gasteiger charge is 2.47. The van der Waals surface area contributed by atoms with Gasteiger partial charge in [-0.25, -0.2) is 9.97 Å². The van der Waals surface area contributed by atoms with Crippen molar-refractivity contribution < 1.29 is 25.1 Å². The molecular formula is C12H16BBrN4O5. The lowest BCUT2D eigenvalue weighted by Crippen LogP contribution is -2.34. The van der Waals surface area contributed by atoms with Crippen LogP contribution in [0, 0.1) is 5.92 Å². The first-order valence-electron chi connectivity index (χ1n) is 7.02. The average molecular weight is 387 g/mol. The number of alkyl halides is 1. The smallest absolute Gasteiger partial charge is 0.423 e. The van der Waals surface area contributed by atoms with E-state index in [0.29, 0.717) is 12.1 Å². The van der Waals surface area contributed by atoms with Crippen LogP contribution in [0.3, 0.4) is 0 Å². The van der Waals surface area contributed by atoms with Gasteiger partial charge in [-0.15, -0.1) is 0 Å². The Bertz CT molecular complexity index is 729. The first-order valence-corrected chi connectivity index (χ1v) is 7.82. The second-order valence-corrected chi connectivity index (χ2v) is 6.67. The molecule has 0 bridgehead atoms. The van der Waals surface area contributed by atoms with Gasteiger partial charge < -0.3 is 19.9 Å². The molecular weight excluding hydrogens is 371 g/mol. The zero-order valence-corrected chi connectivity index (χ0v) is 13.8. The van der Waals surface area contributed by atoms with Crippen molar-refractivity contribution in [3.8, 4) is 0 Å². The SMILES string of the molecule is C[C@H]1C[C@@H](CO)O[C@@]1(Br)n1cc(B(O)O)c2c(NO)ncnc21. The largest absolute Gasteiger partial charge is 0.490 e. The van der Waals surface area contributed by atoms with Crippen LogP contribution < -0.4 is 10.9 Å². The number of hydrogen-bond acceptors (Lipinski definition) is 8. The maximum Gasteiger partial charge on any atom is 0.490 e. The van der Waals surface area contributed by atoms with Crippen molar-refractivity contribution in [2.45, 2.75) is 24.1 Å². The molecule has 3 rings (SSSR count). The minimum Gasteiger partial charge on any atom is -0.423 e. The third kappa shape index (κ3) is 2.53. The Balaban J connectivity index is 2.23. The number of nitrogens with one attached hydrogen (secondary N) is 1. The average Bonchev–Trinajstić information content (AvgIpc) is 3.06. The number of hydrogen-bond donors (Lipinski definition) is 5. The van der Waals surface area contributed by atoms with Crippen LogP contribution in [0.15, 0.2) is 12.5 Å². The fraction of sp³-hybridized carbons (Fsp3) is 0.500. The van der Waals surface area contributed by atoms with Crippen LogP contribution in [0.4, 0.5) is 5.82 Å². The molecule has 3 atom stereocenters. The van der Waals surface area contributed by atoms with Gasteiger partial charge in [-0.2, -0.15) is 0 Å². The predicted molar refractivity (Wildman–Crippen MR) is 85.4 cm³/mol. The van der Waals surface area contributed by atoms with Crippen LogP contribution in [0.2, 0.25) is 0 Å². The number of rotatable bonds is 4. The Morgan fingerprint density at radius 2 is 2.26 bits per heavy atom. The third-order valence-electron chi connectivity index (χ3n) is 4.08. The molecule has 23 heavy (non-hydrogen) atoms. The molecule has 0 spiro atoms. The lowest BCUT2D eigenvalue weighted by atomic mass is 9.80. The quantitative estimate of drug-likeness (QED) is 0.265. The maximum absolute atomic E-state index is 9.63. The molecule has 5 N–H and O–H groups in total. The number of anilines is 1. The fourth-order valence-corrected chi connectivity index (χ4v) is 3.67. The van der Waals surface area contributed by atoms with Crippen LogP contribution >= 0.6 is 15.9 Å². The predicted octanol–water partition coefficient (Wildman–Crippen LogP) is -0.665. The van der Waals surface area contributed by atoms with Crippen molar-refractivity contribution in [3.63, 3.8) is 0 Å². The lowest BCUT2D eigenvalue weighted by Gasteiger charge is -2.29. The van der Waals surface area contributed by atoms with E-state index in [1.807, 2.05) is 12.4 Å². The number of fused-ring (bicyclic) bond motifs is 1. The molecule has 1 aliphatic heterocycles. The van der Waals surface area contributed by atoms with E-state index in [1.54, 1.807) is 4.57 Å². The standard InChI is InChI=1S/C12H16BBrN4O5/c1-6-2-7(4-19)23-12(6,14)18-3-8(13(20)21)9-10(17-22)15-5-16-11(9)18/h3,5-7,19-22H,2,4H2,1H3,(H,15,16,17)/t6-,7-,12-/m0/s1. The zero-order chi connectivity index (χ0) is 16.8. The van der Waals surface area contributed by atoms with E-state index in [9.17, 15) is 20.4 Å². The fourth-order valence-electron chi connectivity index (χ4n) is 2.95. The van der Waals surface area contributed by atoms with Gasteiger partial charge >= 0.3 is 7.12 Å². The molecule has 1 aliphatic rings. The van der Waals surface area contributed by atoms with Gasteiger partial charge in [0.1, 0.15) is 12.0 Å². The minimum atomic E-state index is -1.78. The topological polar surface area (TPSA) is 133 Å². The summed E-state index contributed by atoms with van der Waals surface area (Å²) in [4.78, 5) is 8.05. The van der Waals surface area contributed by atoms with Crippen LogP contribution in [0.25, 0.3) is 11.0 Å². The van der Waals surface area contributed by atoms with Crippen molar-refractivity contribution in [2.24, 2.45) is 5.92 Å². The van der Waals surface area contributed by atoms with Crippen molar-refractivity contribution in [1.82, 2.24) is 14.5 Å². The van der Waals surface area contributed by atoms with E-state index >= 15 is 0 Å². The summed E-state index contributed by atoms with van der Waals surface area (Å²) >= 11 is 3.55. The Morgan fingerprint density at radius 1 is 1.52 bits per heavy atom. The minimum absolute atomic E-state index is 0.0283. The van der Waals surface area contributed by atoms with Gasteiger partial charge in [-0.1, -0.05) is 6.92 Å². The van der Waals surface area contributed by atoms with Gasteiger partial charge in [-0.05, 0) is 22.4 Å². The van der Waals surface area contributed by atoms with Gasteiger partial charge in [0, 0.05) is 17.6 Å². The first-order chi connectivity index (χ1) is 10.9. The van der Waals surface area contributed by atoms with E-state index in [2.05, 4.69) is 25.9 Å². The number of aromatic nitrogens is 3. The number of aliphatic hydroxyl groups excluding tert-OH is 1. The normalized spacial score (nSPS) is 27.6. The molecule has 124 valence electrons.